The van der Waals surface area contributed by atoms with E-state index in [9.17, 15) is 5.11 Å². The van der Waals surface area contributed by atoms with Crippen LogP contribution in [-0.2, 0) is 17.8 Å². The maximum atomic E-state index is 9.62. The van der Waals surface area contributed by atoms with Gasteiger partial charge in [-0.2, -0.15) is 0 Å². The summed E-state index contributed by atoms with van der Waals surface area (Å²) in [5.41, 5.74) is 2.60. The molecule has 1 atom stereocenters. The van der Waals surface area contributed by atoms with Crippen LogP contribution in [0.5, 0.6) is 0 Å². The number of guanidine groups is 1. The summed E-state index contributed by atoms with van der Waals surface area (Å²) in [5, 5.41) is 13.1. The van der Waals surface area contributed by atoms with E-state index in [1.807, 2.05) is 7.05 Å². The second-order valence-electron chi connectivity index (χ2n) is 7.78. The minimum absolute atomic E-state index is 0. The van der Waals surface area contributed by atoms with Crippen molar-refractivity contribution in [3.63, 3.8) is 0 Å². The first kappa shape index (κ1) is 23.4. The molecular formula is C21H35IN4O2. The number of piperidine rings is 1. The third kappa shape index (κ3) is 6.86. The first-order valence-corrected chi connectivity index (χ1v) is 10.1. The maximum Gasteiger partial charge on any atom is 0.193 e. The van der Waals surface area contributed by atoms with Gasteiger partial charge in [-0.15, -0.1) is 24.0 Å². The van der Waals surface area contributed by atoms with Crippen LogP contribution in [0.4, 0.5) is 0 Å². The van der Waals surface area contributed by atoms with Crippen LogP contribution < -0.4 is 5.32 Å². The highest BCUT2D eigenvalue weighted by Crippen LogP contribution is 2.17. The zero-order chi connectivity index (χ0) is 19.1. The van der Waals surface area contributed by atoms with Crippen LogP contribution >= 0.6 is 24.0 Å². The van der Waals surface area contributed by atoms with Crippen molar-refractivity contribution in [2.75, 3.05) is 46.9 Å². The van der Waals surface area contributed by atoms with Crippen molar-refractivity contribution in [2.24, 2.45) is 10.9 Å². The number of rotatable bonds is 6. The number of likely N-dealkylation sites (tertiary alicyclic amines) is 2. The highest BCUT2D eigenvalue weighted by Gasteiger charge is 2.24. The van der Waals surface area contributed by atoms with Gasteiger partial charge in [0.1, 0.15) is 0 Å². The van der Waals surface area contributed by atoms with Gasteiger partial charge in [-0.05, 0) is 30.4 Å². The lowest BCUT2D eigenvalue weighted by molar-refractivity contribution is 0.0792. The number of aliphatic hydroxyl groups excluding tert-OH is 1. The molecule has 2 N–H and O–H groups in total. The summed E-state index contributed by atoms with van der Waals surface area (Å²) >= 11 is 0. The molecule has 6 nitrogen and oxygen atoms in total. The first-order chi connectivity index (χ1) is 13.2. The molecule has 2 aliphatic rings. The fourth-order valence-electron chi connectivity index (χ4n) is 4.01. The van der Waals surface area contributed by atoms with Crippen LogP contribution in [0.25, 0.3) is 0 Å². The van der Waals surface area contributed by atoms with Crippen molar-refractivity contribution in [3.8, 4) is 0 Å². The number of halogens is 1. The number of hydrogen-bond acceptors (Lipinski definition) is 4. The molecule has 2 heterocycles. The number of aliphatic hydroxyl groups is 1. The van der Waals surface area contributed by atoms with Gasteiger partial charge < -0.3 is 20.1 Å². The van der Waals surface area contributed by atoms with Crippen molar-refractivity contribution in [3.05, 3.63) is 35.4 Å². The minimum atomic E-state index is -0.107. The van der Waals surface area contributed by atoms with Crippen LogP contribution in [0, 0.1) is 5.92 Å². The zero-order valence-corrected chi connectivity index (χ0v) is 19.5. The molecule has 0 saturated carbocycles. The predicted molar refractivity (Wildman–Crippen MR) is 124 cm³/mol. The van der Waals surface area contributed by atoms with Crippen molar-refractivity contribution in [1.82, 2.24) is 15.1 Å². The van der Waals surface area contributed by atoms with Gasteiger partial charge in [0.25, 0.3) is 0 Å². The maximum absolute atomic E-state index is 9.62. The Balaban J connectivity index is 0.00000280. The molecule has 0 aliphatic carbocycles. The number of ether oxygens (including phenoxy) is 1. The molecule has 1 unspecified atom stereocenters. The standard InChI is InChI=1S/C21H34N4O2.HI/c1-22-21(25-12-7-19(15-25)16-27-2)23-13-17-3-5-18(6-4-17)14-24-10-8-20(26)9-11-24;/h3-6,19-20,26H,7-16H2,1-2H3,(H,22,23);1H. The Bertz CT molecular complexity index is 603. The van der Waals surface area contributed by atoms with E-state index >= 15 is 0 Å². The van der Waals surface area contributed by atoms with E-state index in [0.717, 1.165) is 71.1 Å². The zero-order valence-electron chi connectivity index (χ0n) is 17.1. The number of aliphatic imine (C=N–C) groups is 1. The van der Waals surface area contributed by atoms with Gasteiger partial charge >= 0.3 is 0 Å². The summed E-state index contributed by atoms with van der Waals surface area (Å²) in [6.45, 7) is 6.60. The average molecular weight is 502 g/mol. The second kappa shape index (κ2) is 11.9. The average Bonchev–Trinajstić information content (AvgIpc) is 3.14. The van der Waals surface area contributed by atoms with Crippen LogP contribution in [0.1, 0.15) is 30.4 Å². The van der Waals surface area contributed by atoms with Crippen LogP contribution in [0.2, 0.25) is 0 Å². The molecule has 0 radical (unpaired) electrons. The van der Waals surface area contributed by atoms with Crippen molar-refractivity contribution in [1.29, 1.82) is 0 Å². The smallest absolute Gasteiger partial charge is 0.193 e. The highest BCUT2D eigenvalue weighted by molar-refractivity contribution is 14.0. The predicted octanol–water partition coefficient (Wildman–Crippen LogP) is 2.31. The fraction of sp³-hybridized carbons (Fsp3) is 0.667. The van der Waals surface area contributed by atoms with Crippen LogP contribution in [-0.4, -0.2) is 73.9 Å². The summed E-state index contributed by atoms with van der Waals surface area (Å²) in [4.78, 5) is 9.19. The molecule has 28 heavy (non-hydrogen) atoms. The Morgan fingerprint density at radius 3 is 2.46 bits per heavy atom. The van der Waals surface area contributed by atoms with Crippen molar-refractivity contribution in [2.45, 2.75) is 38.5 Å². The summed E-state index contributed by atoms with van der Waals surface area (Å²) in [5.74, 6) is 1.58. The van der Waals surface area contributed by atoms with Gasteiger partial charge in [-0.3, -0.25) is 9.89 Å². The number of methoxy groups -OCH3 is 1. The van der Waals surface area contributed by atoms with E-state index in [1.54, 1.807) is 7.11 Å². The monoisotopic (exact) mass is 502 g/mol. The van der Waals surface area contributed by atoms with Crippen LogP contribution in [0.15, 0.2) is 29.3 Å². The molecule has 1 aromatic carbocycles. The molecule has 7 heteroatoms. The van der Waals surface area contributed by atoms with E-state index in [4.69, 9.17) is 4.74 Å². The Labute approximate surface area is 186 Å². The van der Waals surface area contributed by atoms with E-state index in [2.05, 4.69) is 44.4 Å². The number of benzene rings is 1. The van der Waals surface area contributed by atoms with Crippen LogP contribution in [0.3, 0.4) is 0 Å². The lowest BCUT2D eigenvalue weighted by Crippen LogP contribution is -2.39. The van der Waals surface area contributed by atoms with Gasteiger partial charge in [0.2, 0.25) is 0 Å². The van der Waals surface area contributed by atoms with E-state index in [0.29, 0.717) is 5.92 Å². The molecule has 2 saturated heterocycles. The fourth-order valence-corrected chi connectivity index (χ4v) is 4.01. The third-order valence-electron chi connectivity index (χ3n) is 5.64. The highest BCUT2D eigenvalue weighted by atomic mass is 127. The Morgan fingerprint density at radius 1 is 1.14 bits per heavy atom. The van der Waals surface area contributed by atoms with Gasteiger partial charge in [0, 0.05) is 59.3 Å². The molecule has 158 valence electrons. The lowest BCUT2D eigenvalue weighted by Gasteiger charge is -2.29. The minimum Gasteiger partial charge on any atom is -0.393 e. The summed E-state index contributed by atoms with van der Waals surface area (Å²) in [6, 6.07) is 8.84. The molecule has 2 aliphatic heterocycles. The molecule has 0 bridgehead atoms. The number of hydrogen-bond donors (Lipinski definition) is 2. The molecule has 2 fully saturated rings. The number of nitrogens with zero attached hydrogens (tertiary/aromatic N) is 3. The summed E-state index contributed by atoms with van der Waals surface area (Å²) in [7, 11) is 3.62. The van der Waals surface area contributed by atoms with Gasteiger partial charge in [0.15, 0.2) is 5.96 Å². The summed E-state index contributed by atoms with van der Waals surface area (Å²) in [6.07, 6.45) is 2.84. The van der Waals surface area contributed by atoms with E-state index < -0.39 is 0 Å². The van der Waals surface area contributed by atoms with Gasteiger partial charge in [-0.25, -0.2) is 0 Å². The SMILES string of the molecule is CN=C(NCc1ccc(CN2CCC(O)CC2)cc1)N1CCC(COC)C1.I. The van der Waals surface area contributed by atoms with E-state index in [1.165, 1.54) is 11.1 Å². The van der Waals surface area contributed by atoms with E-state index in [-0.39, 0.29) is 30.1 Å². The topological polar surface area (TPSA) is 60.3 Å². The molecular weight excluding hydrogens is 467 g/mol. The van der Waals surface area contributed by atoms with Gasteiger partial charge in [0.05, 0.1) is 12.7 Å². The van der Waals surface area contributed by atoms with Crippen molar-refractivity contribution >= 4 is 29.9 Å². The molecule has 1 aromatic rings. The molecule has 0 amide bonds. The Morgan fingerprint density at radius 2 is 1.82 bits per heavy atom. The van der Waals surface area contributed by atoms with Gasteiger partial charge in [-0.1, -0.05) is 24.3 Å². The first-order valence-electron chi connectivity index (χ1n) is 10.1. The Kier molecular flexibility index (Phi) is 9.98. The molecule has 0 aromatic heterocycles. The Hall–Kier alpha value is -0.900. The number of nitrogens with one attached hydrogen (secondary N) is 1. The third-order valence-corrected chi connectivity index (χ3v) is 5.64. The van der Waals surface area contributed by atoms with Crippen molar-refractivity contribution < 1.29 is 9.84 Å². The molecule has 3 rings (SSSR count). The summed E-state index contributed by atoms with van der Waals surface area (Å²) < 4.78 is 5.28. The molecule has 0 spiro atoms. The second-order valence-corrected chi connectivity index (χ2v) is 7.78. The lowest BCUT2D eigenvalue weighted by atomic mass is 10.1. The quantitative estimate of drug-likeness (QED) is 0.355. The largest absolute Gasteiger partial charge is 0.393 e. The normalized spacial score (nSPS) is 21.6.